The van der Waals surface area contributed by atoms with Gasteiger partial charge in [-0.25, -0.2) is 4.79 Å². The van der Waals surface area contributed by atoms with Crippen LogP contribution in [0.15, 0.2) is 24.3 Å². The number of halogens is 2. The molecule has 0 unspecified atom stereocenters. The highest BCUT2D eigenvalue weighted by Gasteiger charge is 2.10. The maximum absolute atomic E-state index is 11.6. The summed E-state index contributed by atoms with van der Waals surface area (Å²) >= 11 is 11.6. The van der Waals surface area contributed by atoms with Crippen LogP contribution in [0.25, 0.3) is 6.08 Å². The predicted molar refractivity (Wildman–Crippen MR) is 84.3 cm³/mol. The minimum Gasteiger partial charge on any atom is -0.452 e. The molecule has 1 rings (SSSR count). The van der Waals surface area contributed by atoms with Crippen molar-refractivity contribution in [1.29, 1.82) is 5.26 Å². The topological polar surface area (TPSA) is 70.4 Å². The molecule has 0 saturated carbocycles. The normalized spacial score (nSPS) is 10.3. The maximum Gasteiger partial charge on any atom is 0.331 e. The van der Waals surface area contributed by atoms with Gasteiger partial charge in [-0.2, -0.15) is 5.26 Å². The summed E-state index contributed by atoms with van der Waals surface area (Å²) < 4.78 is 4.82. The van der Waals surface area contributed by atoms with Crippen LogP contribution in [0.3, 0.4) is 0 Å². The summed E-state index contributed by atoms with van der Waals surface area (Å²) in [6.45, 7) is -0.0710. The fourth-order valence-corrected chi connectivity index (χ4v) is 1.72. The van der Waals surface area contributed by atoms with Crippen LogP contribution in [0.5, 0.6) is 0 Å². The number of carbonyl (C=O) groups is 2. The van der Waals surface area contributed by atoms with Crippen LogP contribution in [0.1, 0.15) is 12.0 Å². The Kier molecular flexibility index (Phi) is 7.44. The van der Waals surface area contributed by atoms with E-state index in [4.69, 9.17) is 33.2 Å². The highest BCUT2D eigenvalue weighted by molar-refractivity contribution is 6.42. The molecule has 1 aromatic carbocycles. The number of nitriles is 1. The number of benzene rings is 1. The number of carbonyl (C=O) groups excluding carboxylic acids is 2. The molecule has 0 aliphatic carbocycles. The first kappa shape index (κ1) is 18.0. The summed E-state index contributed by atoms with van der Waals surface area (Å²) in [7, 11) is 1.54. The Labute approximate surface area is 138 Å². The SMILES string of the molecule is CN(CCC#N)C(=O)COC(=O)/C=C/c1ccc(Cl)c(Cl)c1. The Balaban J connectivity index is 2.46. The van der Waals surface area contributed by atoms with Crippen LogP contribution in [0.2, 0.25) is 10.0 Å². The highest BCUT2D eigenvalue weighted by atomic mass is 35.5. The third-order valence-electron chi connectivity index (χ3n) is 2.68. The maximum atomic E-state index is 11.6. The third kappa shape index (κ3) is 6.17. The van der Waals surface area contributed by atoms with Gasteiger partial charge in [-0.1, -0.05) is 29.3 Å². The molecule has 0 bridgehead atoms. The standard InChI is InChI=1S/C15H14Cl2N2O3/c1-19(8-2-7-18)14(20)10-22-15(21)6-4-11-3-5-12(16)13(17)9-11/h3-6,9H,2,8,10H2,1H3/b6-4+. The van der Waals surface area contributed by atoms with E-state index in [9.17, 15) is 9.59 Å². The van der Waals surface area contributed by atoms with E-state index in [1.54, 1.807) is 25.2 Å². The lowest BCUT2D eigenvalue weighted by Crippen LogP contribution is -2.31. The van der Waals surface area contributed by atoms with Crippen LogP contribution >= 0.6 is 23.2 Å². The lowest BCUT2D eigenvalue weighted by Gasteiger charge is -2.14. The second kappa shape index (κ2) is 9.08. The van der Waals surface area contributed by atoms with Crippen molar-refractivity contribution < 1.29 is 14.3 Å². The Bertz CT molecular complexity index is 624. The molecule has 0 aromatic heterocycles. The van der Waals surface area contributed by atoms with E-state index in [0.29, 0.717) is 22.2 Å². The van der Waals surface area contributed by atoms with Crippen molar-refractivity contribution >= 4 is 41.2 Å². The Morgan fingerprint density at radius 2 is 2.09 bits per heavy atom. The molecule has 0 aliphatic rings. The van der Waals surface area contributed by atoms with E-state index in [1.165, 1.54) is 17.1 Å². The van der Waals surface area contributed by atoms with Gasteiger partial charge in [0.15, 0.2) is 6.61 Å². The number of ether oxygens (including phenoxy) is 1. The zero-order valence-electron chi connectivity index (χ0n) is 11.9. The van der Waals surface area contributed by atoms with Crippen molar-refractivity contribution in [3.63, 3.8) is 0 Å². The molecule has 0 atom stereocenters. The minimum atomic E-state index is -0.645. The number of nitrogens with zero attached hydrogens (tertiary/aromatic N) is 2. The predicted octanol–water partition coefficient (Wildman–Crippen LogP) is 2.92. The van der Waals surface area contributed by atoms with Gasteiger partial charge in [0, 0.05) is 19.7 Å². The first-order valence-electron chi connectivity index (χ1n) is 6.35. The molecule has 7 heteroatoms. The molecular formula is C15H14Cl2N2O3. The second-order valence-corrected chi connectivity index (χ2v) is 5.15. The molecule has 22 heavy (non-hydrogen) atoms. The van der Waals surface area contributed by atoms with E-state index in [-0.39, 0.29) is 18.9 Å². The van der Waals surface area contributed by atoms with Gasteiger partial charge in [-0.3, -0.25) is 4.79 Å². The smallest absolute Gasteiger partial charge is 0.331 e. The number of rotatable bonds is 6. The van der Waals surface area contributed by atoms with Gasteiger partial charge in [0.1, 0.15) is 0 Å². The number of hydrogen-bond acceptors (Lipinski definition) is 4. The molecule has 0 spiro atoms. The van der Waals surface area contributed by atoms with Crippen LogP contribution in [-0.2, 0) is 14.3 Å². The zero-order valence-corrected chi connectivity index (χ0v) is 13.4. The second-order valence-electron chi connectivity index (χ2n) is 4.34. The van der Waals surface area contributed by atoms with E-state index >= 15 is 0 Å². The lowest BCUT2D eigenvalue weighted by atomic mass is 10.2. The number of esters is 1. The third-order valence-corrected chi connectivity index (χ3v) is 3.42. The highest BCUT2D eigenvalue weighted by Crippen LogP contribution is 2.23. The average molecular weight is 341 g/mol. The molecule has 0 fully saturated rings. The van der Waals surface area contributed by atoms with Crippen molar-refractivity contribution in [2.24, 2.45) is 0 Å². The van der Waals surface area contributed by atoms with Gasteiger partial charge in [-0.05, 0) is 23.8 Å². The van der Waals surface area contributed by atoms with Crippen molar-refractivity contribution in [3.05, 3.63) is 39.9 Å². The number of likely N-dealkylation sites (N-methyl/N-ethyl adjacent to an activating group) is 1. The number of amides is 1. The average Bonchev–Trinajstić information content (AvgIpc) is 2.51. The molecule has 116 valence electrons. The van der Waals surface area contributed by atoms with E-state index < -0.39 is 5.97 Å². The quantitative estimate of drug-likeness (QED) is 0.589. The summed E-state index contributed by atoms with van der Waals surface area (Å²) in [5.74, 6) is -1.01. The van der Waals surface area contributed by atoms with Crippen molar-refractivity contribution in [2.45, 2.75) is 6.42 Å². The fraction of sp³-hybridized carbons (Fsp3) is 0.267. The molecule has 0 heterocycles. The summed E-state index contributed by atoms with van der Waals surface area (Å²) in [6, 6.07) is 6.84. The number of hydrogen-bond donors (Lipinski definition) is 0. The summed E-state index contributed by atoms with van der Waals surface area (Å²) in [6.07, 6.45) is 2.93. The van der Waals surface area contributed by atoms with Crippen molar-refractivity contribution in [2.75, 3.05) is 20.2 Å². The van der Waals surface area contributed by atoms with E-state index in [1.807, 2.05) is 6.07 Å². The molecule has 0 N–H and O–H groups in total. The Morgan fingerprint density at radius 1 is 1.36 bits per heavy atom. The van der Waals surface area contributed by atoms with E-state index in [0.717, 1.165) is 0 Å². The largest absolute Gasteiger partial charge is 0.452 e. The summed E-state index contributed by atoms with van der Waals surface area (Å²) in [5, 5.41) is 9.23. The molecule has 0 radical (unpaired) electrons. The monoisotopic (exact) mass is 340 g/mol. The van der Waals surface area contributed by atoms with Crippen molar-refractivity contribution in [3.8, 4) is 6.07 Å². The van der Waals surface area contributed by atoms with Crippen molar-refractivity contribution in [1.82, 2.24) is 4.90 Å². The summed E-state index contributed by atoms with van der Waals surface area (Å²) in [5.41, 5.74) is 0.684. The van der Waals surface area contributed by atoms with Gasteiger partial charge in [0.05, 0.1) is 22.5 Å². The molecule has 0 aliphatic heterocycles. The molecule has 5 nitrogen and oxygen atoms in total. The van der Waals surface area contributed by atoms with Crippen LogP contribution in [0, 0.1) is 11.3 Å². The van der Waals surface area contributed by atoms with Gasteiger partial charge in [0.2, 0.25) is 0 Å². The molecule has 1 amide bonds. The Morgan fingerprint density at radius 3 is 2.73 bits per heavy atom. The molecular weight excluding hydrogens is 327 g/mol. The first-order chi connectivity index (χ1) is 10.4. The van der Waals surface area contributed by atoms with Crippen LogP contribution in [0.4, 0.5) is 0 Å². The lowest BCUT2D eigenvalue weighted by molar-refractivity contribution is -0.147. The molecule has 0 saturated heterocycles. The zero-order chi connectivity index (χ0) is 16.5. The first-order valence-corrected chi connectivity index (χ1v) is 7.10. The fourth-order valence-electron chi connectivity index (χ4n) is 1.41. The van der Waals surface area contributed by atoms with Crippen LogP contribution < -0.4 is 0 Å². The van der Waals surface area contributed by atoms with Gasteiger partial charge in [0.25, 0.3) is 5.91 Å². The molecule has 1 aromatic rings. The summed E-state index contributed by atoms with van der Waals surface area (Å²) in [4.78, 5) is 24.4. The van der Waals surface area contributed by atoms with Gasteiger partial charge in [-0.15, -0.1) is 0 Å². The van der Waals surface area contributed by atoms with E-state index in [2.05, 4.69) is 0 Å². The van der Waals surface area contributed by atoms with Gasteiger partial charge < -0.3 is 9.64 Å². The minimum absolute atomic E-state index is 0.230. The Hall–Kier alpha value is -2.03. The van der Waals surface area contributed by atoms with Gasteiger partial charge >= 0.3 is 5.97 Å². The van der Waals surface area contributed by atoms with Crippen LogP contribution in [-0.4, -0.2) is 37.0 Å².